The zero-order valence-electron chi connectivity index (χ0n) is 37.9. The summed E-state index contributed by atoms with van der Waals surface area (Å²) in [5.41, 5.74) is 8.76. The molecule has 0 aromatic heterocycles. The zero-order valence-corrected chi connectivity index (χ0v) is 37.9. The number of aromatic hydroxyl groups is 1. The summed E-state index contributed by atoms with van der Waals surface area (Å²) < 4.78 is 0. The second kappa shape index (κ2) is 27.7. The highest BCUT2D eigenvalue weighted by Crippen LogP contribution is 2.47. The van der Waals surface area contributed by atoms with Crippen LogP contribution in [0.25, 0.3) is 10.8 Å². The highest BCUT2D eigenvalue weighted by molar-refractivity contribution is 5.97. The highest BCUT2D eigenvalue weighted by atomic mass is 16.3. The van der Waals surface area contributed by atoms with Crippen molar-refractivity contribution in [3.05, 3.63) is 222 Å². The Morgan fingerprint density at radius 1 is 0.661 bits per heavy atom. The van der Waals surface area contributed by atoms with Crippen molar-refractivity contribution in [1.29, 1.82) is 0 Å². The van der Waals surface area contributed by atoms with E-state index in [0.29, 0.717) is 12.2 Å². The number of hydrogen-bond donors (Lipinski definition) is 1. The van der Waals surface area contributed by atoms with Crippen LogP contribution in [0.4, 0.5) is 11.4 Å². The summed E-state index contributed by atoms with van der Waals surface area (Å²) in [4.78, 5) is 2.43. The first-order valence-corrected chi connectivity index (χ1v) is 21.9. The largest absolute Gasteiger partial charge is 0.508 e. The van der Waals surface area contributed by atoms with Gasteiger partial charge in [0, 0.05) is 22.3 Å². The molecule has 1 atom stereocenters. The average Bonchev–Trinajstić information content (AvgIpc) is 3.31. The minimum atomic E-state index is -0.577. The number of rotatable bonds is 12. The molecule has 1 unspecified atom stereocenters. The molecule has 0 bridgehead atoms. The molecule has 5 aromatic rings. The molecule has 0 heterocycles. The Kier molecular flexibility index (Phi) is 23.2. The molecule has 1 aliphatic carbocycles. The molecule has 310 valence electrons. The van der Waals surface area contributed by atoms with E-state index >= 15 is 0 Å². The molecule has 59 heavy (non-hydrogen) atoms. The second-order valence-corrected chi connectivity index (χ2v) is 13.0. The van der Waals surface area contributed by atoms with Crippen LogP contribution in [0.5, 0.6) is 5.75 Å². The number of nitrogens with zero attached hydrogens (tertiary/aromatic N) is 1. The van der Waals surface area contributed by atoms with Crippen molar-refractivity contribution in [3.63, 3.8) is 0 Å². The lowest BCUT2D eigenvalue weighted by Crippen LogP contribution is -2.29. The van der Waals surface area contributed by atoms with Gasteiger partial charge in [-0.3, -0.25) is 0 Å². The van der Waals surface area contributed by atoms with Crippen molar-refractivity contribution in [1.82, 2.24) is 0 Å². The van der Waals surface area contributed by atoms with Crippen LogP contribution in [0.15, 0.2) is 205 Å². The number of hydrogen-bond acceptors (Lipinski definition) is 2. The van der Waals surface area contributed by atoms with Crippen LogP contribution in [-0.2, 0) is 5.41 Å². The summed E-state index contributed by atoms with van der Waals surface area (Å²) in [6, 6.07) is 42.2. The minimum Gasteiger partial charge on any atom is -0.508 e. The van der Waals surface area contributed by atoms with E-state index in [9.17, 15) is 5.11 Å². The van der Waals surface area contributed by atoms with Crippen LogP contribution in [0.3, 0.4) is 0 Å². The van der Waals surface area contributed by atoms with Gasteiger partial charge in [0.2, 0.25) is 0 Å². The molecular weight excluding hydrogens is 715 g/mol. The molecule has 0 radical (unpaired) electrons. The molecule has 0 aliphatic heterocycles. The van der Waals surface area contributed by atoms with Gasteiger partial charge >= 0.3 is 0 Å². The fourth-order valence-corrected chi connectivity index (χ4v) is 7.24. The Morgan fingerprint density at radius 2 is 1.32 bits per heavy atom. The molecule has 5 aromatic carbocycles. The maximum atomic E-state index is 11.2. The first kappa shape index (κ1) is 49.3. The monoisotopic (exact) mass is 786 g/mol. The van der Waals surface area contributed by atoms with Crippen LogP contribution < -0.4 is 4.90 Å². The summed E-state index contributed by atoms with van der Waals surface area (Å²) >= 11 is 0. The molecule has 0 fully saturated rings. The number of anilines is 2. The average molecular weight is 786 g/mol. The quantitative estimate of drug-likeness (QED) is 0.127. The summed E-state index contributed by atoms with van der Waals surface area (Å²) in [7, 11) is 0. The van der Waals surface area contributed by atoms with Gasteiger partial charge in [0.25, 0.3) is 0 Å². The van der Waals surface area contributed by atoms with E-state index in [1.807, 2.05) is 92.7 Å². The standard InChI is InChI=1S/C49H47NO.4C2H6/c1-4-6-7-17-36-49(42-25-9-8-10-26-42,46-29-15-16-31-48(46)51)41(5-2)24-13-11-21-39-32-34-43(35-33-39)50(44-27-18-20-38(3)37-44)47-30-19-23-40-22-12-14-28-45(40)47;4*1-2/h4-32,34,37,51H,33,35-36H2,1-3H3;4*1-2H3/b6-4-,17-7-,21-11+,24-13-,41-5+;;;;. The molecule has 0 amide bonds. The Balaban J connectivity index is 0.00000141. The Bertz CT molecular complexity index is 2170. The SMILES string of the molecule is C/C=C\C=C/CC(C(/C=C\C=C\C1=CC=C(N(c2cccc(C)c2)c2cccc3ccccc23)CC1)=C/C)(c1ccccc1)c1ccccc1O.CC.CC.CC.CC. The molecule has 2 nitrogen and oxygen atoms in total. The molecule has 1 aliphatic rings. The van der Waals surface area contributed by atoms with Crippen LogP contribution in [0.1, 0.15) is 105 Å². The number of aryl methyl sites for hydroxylation is 1. The van der Waals surface area contributed by atoms with Crippen LogP contribution in [-0.4, -0.2) is 5.11 Å². The van der Waals surface area contributed by atoms with Crippen molar-refractivity contribution in [2.75, 3.05) is 4.90 Å². The van der Waals surface area contributed by atoms with Crippen LogP contribution >= 0.6 is 0 Å². The third kappa shape index (κ3) is 13.1. The van der Waals surface area contributed by atoms with Gasteiger partial charge in [-0.1, -0.05) is 213 Å². The number of phenolic OH excluding ortho intramolecular Hbond substituents is 1. The van der Waals surface area contributed by atoms with Gasteiger partial charge in [-0.2, -0.15) is 0 Å². The summed E-state index contributed by atoms with van der Waals surface area (Å²) in [5, 5.41) is 13.7. The number of allylic oxidation sites excluding steroid dienone is 14. The summed E-state index contributed by atoms with van der Waals surface area (Å²) in [6.07, 6.45) is 26.4. The summed E-state index contributed by atoms with van der Waals surface area (Å²) in [6.45, 7) is 22.3. The smallest absolute Gasteiger partial charge is 0.120 e. The molecule has 0 spiro atoms. The third-order valence-electron chi connectivity index (χ3n) is 9.71. The first-order chi connectivity index (χ1) is 29.0. The van der Waals surface area contributed by atoms with Crippen molar-refractivity contribution in [3.8, 4) is 5.75 Å². The van der Waals surface area contributed by atoms with Gasteiger partial charge in [0.15, 0.2) is 0 Å². The number of phenols is 1. The van der Waals surface area contributed by atoms with Crippen LogP contribution in [0, 0.1) is 6.92 Å². The number of benzene rings is 5. The topological polar surface area (TPSA) is 23.5 Å². The third-order valence-corrected chi connectivity index (χ3v) is 9.71. The van der Waals surface area contributed by atoms with E-state index in [1.54, 1.807) is 6.07 Å². The van der Waals surface area contributed by atoms with E-state index in [1.165, 1.54) is 39.0 Å². The van der Waals surface area contributed by atoms with E-state index in [-0.39, 0.29) is 0 Å². The molecule has 2 heteroatoms. The van der Waals surface area contributed by atoms with Gasteiger partial charge in [-0.15, -0.1) is 0 Å². The molecule has 6 rings (SSSR count). The Hall–Kier alpha value is -5.86. The molecule has 0 saturated heterocycles. The number of para-hydroxylation sites is 1. The fraction of sp³-hybridized carbons (Fsp3) is 0.263. The Morgan fingerprint density at radius 3 is 1.98 bits per heavy atom. The minimum absolute atomic E-state index is 0.294. The normalized spacial score (nSPS) is 13.5. The maximum absolute atomic E-state index is 11.2. The van der Waals surface area contributed by atoms with Crippen molar-refractivity contribution < 1.29 is 5.11 Å². The maximum Gasteiger partial charge on any atom is 0.120 e. The van der Waals surface area contributed by atoms with Gasteiger partial charge in [0.1, 0.15) is 5.75 Å². The van der Waals surface area contributed by atoms with Crippen molar-refractivity contribution in [2.24, 2.45) is 0 Å². The van der Waals surface area contributed by atoms with E-state index in [0.717, 1.165) is 29.5 Å². The second-order valence-electron chi connectivity index (χ2n) is 13.0. The first-order valence-electron chi connectivity index (χ1n) is 21.9. The van der Waals surface area contributed by atoms with E-state index in [4.69, 9.17) is 0 Å². The number of fused-ring (bicyclic) bond motifs is 1. The van der Waals surface area contributed by atoms with E-state index in [2.05, 4.69) is 171 Å². The Labute approximate surface area is 359 Å². The molecular formula is C57H71NO. The summed E-state index contributed by atoms with van der Waals surface area (Å²) in [5.74, 6) is 0.294. The highest BCUT2D eigenvalue weighted by Gasteiger charge is 2.37. The van der Waals surface area contributed by atoms with E-state index < -0.39 is 5.41 Å². The lowest BCUT2D eigenvalue weighted by atomic mass is 9.66. The lowest BCUT2D eigenvalue weighted by molar-refractivity contribution is 0.452. The fourth-order valence-electron chi connectivity index (χ4n) is 7.24. The van der Waals surface area contributed by atoms with Crippen molar-refractivity contribution in [2.45, 2.75) is 101 Å². The predicted octanol–water partition coefficient (Wildman–Crippen LogP) is 17.3. The van der Waals surface area contributed by atoms with Gasteiger partial charge < -0.3 is 10.0 Å². The molecule has 0 saturated carbocycles. The van der Waals surface area contributed by atoms with Crippen LogP contribution in [0.2, 0.25) is 0 Å². The van der Waals surface area contributed by atoms with Gasteiger partial charge in [0.05, 0.1) is 11.1 Å². The lowest BCUT2D eigenvalue weighted by Gasteiger charge is -2.36. The van der Waals surface area contributed by atoms with Gasteiger partial charge in [-0.25, -0.2) is 0 Å². The molecule has 1 N–H and O–H groups in total. The van der Waals surface area contributed by atoms with Crippen molar-refractivity contribution >= 4 is 22.1 Å². The zero-order chi connectivity index (χ0) is 43.5. The predicted molar refractivity (Wildman–Crippen MR) is 264 cm³/mol. The van der Waals surface area contributed by atoms with Gasteiger partial charge in [-0.05, 0) is 98.0 Å².